The predicted octanol–water partition coefficient (Wildman–Crippen LogP) is 3.02. The summed E-state index contributed by atoms with van der Waals surface area (Å²) in [5.74, 6) is 1.48. The molecule has 3 aromatic heterocycles. The van der Waals surface area contributed by atoms with Gasteiger partial charge in [0.05, 0.1) is 18.3 Å². The maximum Gasteiger partial charge on any atom is 0.225 e. The Balaban J connectivity index is 1.80. The minimum absolute atomic E-state index is 0.0192. The van der Waals surface area contributed by atoms with Crippen molar-refractivity contribution in [3.63, 3.8) is 0 Å². The van der Waals surface area contributed by atoms with Crippen LogP contribution in [0, 0.1) is 5.92 Å². The van der Waals surface area contributed by atoms with Gasteiger partial charge in [0.2, 0.25) is 5.95 Å². The highest BCUT2D eigenvalue weighted by molar-refractivity contribution is 5.64. The molecule has 0 aliphatic heterocycles. The monoisotopic (exact) mass is 378 g/mol. The average molecular weight is 378 g/mol. The molecule has 3 aromatic rings. The number of rotatable bonds is 9. The van der Waals surface area contributed by atoms with Gasteiger partial charge in [-0.1, -0.05) is 13.8 Å². The predicted molar refractivity (Wildman–Crippen MR) is 111 cm³/mol. The largest absolute Gasteiger partial charge is 0.394 e. The van der Waals surface area contributed by atoms with Crippen LogP contribution < -0.4 is 10.6 Å². The molecular formula is C21H26N6O. The Morgan fingerprint density at radius 3 is 2.29 bits per heavy atom. The molecule has 0 aliphatic rings. The number of nitrogens with one attached hydrogen (secondary N) is 2. The SMILES string of the molecule is CC(C)[C@H](CO)Nc1nc(NCCc2ccncc2)cc(-c2ccncc2)n1. The van der Waals surface area contributed by atoms with Gasteiger partial charge in [-0.15, -0.1) is 0 Å². The molecule has 146 valence electrons. The molecular weight excluding hydrogens is 352 g/mol. The molecule has 0 spiro atoms. The molecule has 1 atom stereocenters. The second kappa shape index (κ2) is 9.75. The molecule has 7 heteroatoms. The minimum atomic E-state index is -0.114. The van der Waals surface area contributed by atoms with Crippen LogP contribution in [-0.2, 0) is 6.42 Å². The summed E-state index contributed by atoms with van der Waals surface area (Å²) in [7, 11) is 0. The molecule has 3 heterocycles. The fraction of sp³-hybridized carbons (Fsp3) is 0.333. The highest BCUT2D eigenvalue weighted by Crippen LogP contribution is 2.22. The van der Waals surface area contributed by atoms with Gasteiger partial charge in [0.15, 0.2) is 0 Å². The van der Waals surface area contributed by atoms with Gasteiger partial charge in [-0.3, -0.25) is 9.97 Å². The van der Waals surface area contributed by atoms with E-state index in [1.165, 1.54) is 5.56 Å². The van der Waals surface area contributed by atoms with Gasteiger partial charge >= 0.3 is 0 Å². The molecule has 0 unspecified atom stereocenters. The van der Waals surface area contributed by atoms with E-state index in [1.807, 2.05) is 30.3 Å². The van der Waals surface area contributed by atoms with Gasteiger partial charge in [-0.25, -0.2) is 4.98 Å². The number of aliphatic hydroxyl groups is 1. The molecule has 0 radical (unpaired) electrons. The van der Waals surface area contributed by atoms with Crippen LogP contribution in [0.25, 0.3) is 11.3 Å². The fourth-order valence-corrected chi connectivity index (χ4v) is 2.75. The third kappa shape index (κ3) is 5.47. The quantitative estimate of drug-likeness (QED) is 0.527. The van der Waals surface area contributed by atoms with Crippen molar-refractivity contribution in [1.82, 2.24) is 19.9 Å². The summed E-state index contributed by atoms with van der Waals surface area (Å²) in [6.45, 7) is 4.86. The van der Waals surface area contributed by atoms with Crippen molar-refractivity contribution in [1.29, 1.82) is 0 Å². The lowest BCUT2D eigenvalue weighted by atomic mass is 10.1. The lowest BCUT2D eigenvalue weighted by Gasteiger charge is -2.20. The van der Waals surface area contributed by atoms with Crippen molar-refractivity contribution < 1.29 is 5.11 Å². The number of nitrogens with zero attached hydrogens (tertiary/aromatic N) is 4. The molecule has 0 saturated carbocycles. The van der Waals surface area contributed by atoms with E-state index in [2.05, 4.69) is 44.4 Å². The summed E-state index contributed by atoms with van der Waals surface area (Å²) in [5.41, 5.74) is 2.97. The van der Waals surface area contributed by atoms with Crippen molar-refractivity contribution in [2.45, 2.75) is 26.3 Å². The van der Waals surface area contributed by atoms with Gasteiger partial charge in [0.25, 0.3) is 0 Å². The molecule has 7 nitrogen and oxygen atoms in total. The lowest BCUT2D eigenvalue weighted by Crippen LogP contribution is -2.30. The van der Waals surface area contributed by atoms with Crippen molar-refractivity contribution in [3.05, 3.63) is 60.7 Å². The Morgan fingerprint density at radius 1 is 0.964 bits per heavy atom. The van der Waals surface area contributed by atoms with E-state index in [0.717, 1.165) is 30.0 Å². The van der Waals surface area contributed by atoms with Crippen LogP contribution in [0.3, 0.4) is 0 Å². The van der Waals surface area contributed by atoms with Crippen LogP contribution in [0.15, 0.2) is 55.1 Å². The summed E-state index contributed by atoms with van der Waals surface area (Å²) in [4.78, 5) is 17.3. The topological polar surface area (TPSA) is 95.8 Å². The standard InChI is InChI=1S/C21H26N6O/c1-15(2)19(14-28)26-21-25-18(17-6-10-23-11-7-17)13-20(27-21)24-12-5-16-3-8-22-9-4-16/h3-4,6-11,13,15,19,28H,5,12,14H2,1-2H3,(H2,24,25,26,27)/t19-/m0/s1. The summed E-state index contributed by atoms with van der Waals surface area (Å²) in [6.07, 6.45) is 7.94. The zero-order chi connectivity index (χ0) is 19.8. The molecule has 0 aliphatic carbocycles. The first kappa shape index (κ1) is 19.7. The number of aromatic nitrogens is 4. The number of hydrogen-bond donors (Lipinski definition) is 3. The zero-order valence-electron chi connectivity index (χ0n) is 16.2. The summed E-state index contributed by atoms with van der Waals surface area (Å²) in [6, 6.07) is 9.66. The van der Waals surface area contributed by atoms with Gasteiger partial charge in [0, 0.05) is 43.0 Å². The minimum Gasteiger partial charge on any atom is -0.394 e. The van der Waals surface area contributed by atoms with E-state index in [9.17, 15) is 5.11 Å². The van der Waals surface area contributed by atoms with Gasteiger partial charge in [0.1, 0.15) is 5.82 Å². The number of pyridine rings is 2. The number of anilines is 2. The molecule has 28 heavy (non-hydrogen) atoms. The smallest absolute Gasteiger partial charge is 0.225 e. The van der Waals surface area contributed by atoms with E-state index in [1.54, 1.807) is 24.8 Å². The number of hydrogen-bond acceptors (Lipinski definition) is 7. The van der Waals surface area contributed by atoms with E-state index < -0.39 is 0 Å². The third-order valence-corrected chi connectivity index (χ3v) is 4.49. The van der Waals surface area contributed by atoms with Crippen LogP contribution in [0.2, 0.25) is 0 Å². The fourth-order valence-electron chi connectivity index (χ4n) is 2.75. The van der Waals surface area contributed by atoms with Crippen molar-refractivity contribution in [3.8, 4) is 11.3 Å². The Kier molecular flexibility index (Phi) is 6.86. The van der Waals surface area contributed by atoms with Gasteiger partial charge < -0.3 is 15.7 Å². The van der Waals surface area contributed by atoms with Gasteiger partial charge in [-0.05, 0) is 42.2 Å². The first-order valence-electron chi connectivity index (χ1n) is 9.45. The van der Waals surface area contributed by atoms with Crippen LogP contribution in [-0.4, -0.2) is 44.2 Å². The summed E-state index contributed by atoms with van der Waals surface area (Å²) >= 11 is 0. The van der Waals surface area contributed by atoms with E-state index >= 15 is 0 Å². The Hall–Kier alpha value is -3.06. The Morgan fingerprint density at radius 2 is 1.64 bits per heavy atom. The molecule has 0 aromatic carbocycles. The van der Waals surface area contributed by atoms with E-state index in [-0.39, 0.29) is 18.6 Å². The van der Waals surface area contributed by atoms with Gasteiger partial charge in [-0.2, -0.15) is 4.98 Å². The highest BCUT2D eigenvalue weighted by atomic mass is 16.3. The van der Waals surface area contributed by atoms with Crippen LogP contribution in [0.5, 0.6) is 0 Å². The molecule has 0 saturated heterocycles. The molecule has 3 N–H and O–H groups in total. The van der Waals surface area contributed by atoms with E-state index in [4.69, 9.17) is 0 Å². The summed E-state index contributed by atoms with van der Waals surface area (Å²) < 4.78 is 0. The van der Waals surface area contributed by atoms with E-state index in [0.29, 0.717) is 5.95 Å². The first-order chi connectivity index (χ1) is 13.7. The van der Waals surface area contributed by atoms with Crippen molar-refractivity contribution in [2.24, 2.45) is 5.92 Å². The van der Waals surface area contributed by atoms with Crippen LogP contribution in [0.4, 0.5) is 11.8 Å². The van der Waals surface area contributed by atoms with Crippen LogP contribution >= 0.6 is 0 Å². The second-order valence-electron chi connectivity index (χ2n) is 6.91. The van der Waals surface area contributed by atoms with Crippen LogP contribution in [0.1, 0.15) is 19.4 Å². The highest BCUT2D eigenvalue weighted by Gasteiger charge is 2.15. The third-order valence-electron chi connectivity index (χ3n) is 4.49. The number of aliphatic hydroxyl groups excluding tert-OH is 1. The first-order valence-corrected chi connectivity index (χ1v) is 9.45. The molecule has 0 fully saturated rings. The Labute approximate surface area is 165 Å². The molecule has 0 amide bonds. The lowest BCUT2D eigenvalue weighted by molar-refractivity contribution is 0.248. The molecule has 3 rings (SSSR count). The average Bonchev–Trinajstić information content (AvgIpc) is 2.73. The van der Waals surface area contributed by atoms with Crippen molar-refractivity contribution in [2.75, 3.05) is 23.8 Å². The Bertz CT molecular complexity index is 857. The van der Waals surface area contributed by atoms with Crippen molar-refractivity contribution >= 4 is 11.8 Å². The maximum atomic E-state index is 9.63. The second-order valence-corrected chi connectivity index (χ2v) is 6.91. The zero-order valence-corrected chi connectivity index (χ0v) is 16.2. The maximum absolute atomic E-state index is 9.63. The normalized spacial score (nSPS) is 12.0. The molecule has 0 bridgehead atoms. The summed E-state index contributed by atoms with van der Waals surface area (Å²) in [5, 5.41) is 16.3.